The number of hydrogen-bond acceptors (Lipinski definition) is 3. The molecule has 0 aliphatic carbocycles. The number of thiophene rings is 1. The summed E-state index contributed by atoms with van der Waals surface area (Å²) in [6.45, 7) is 5.62. The van der Waals surface area contributed by atoms with Gasteiger partial charge in [0.2, 0.25) is 0 Å². The number of aromatic nitrogens is 1. The third-order valence-corrected chi connectivity index (χ3v) is 5.53. The van der Waals surface area contributed by atoms with Crippen LogP contribution in [0.4, 0.5) is 0 Å². The van der Waals surface area contributed by atoms with Crippen LogP contribution in [0, 0.1) is 6.92 Å². The van der Waals surface area contributed by atoms with Gasteiger partial charge in [-0.1, -0.05) is 18.2 Å². The van der Waals surface area contributed by atoms with Crippen molar-refractivity contribution in [3.8, 4) is 10.6 Å². The van der Waals surface area contributed by atoms with Crippen molar-refractivity contribution in [3.63, 3.8) is 0 Å². The molecule has 0 saturated carbocycles. The van der Waals surface area contributed by atoms with E-state index in [1.807, 2.05) is 11.3 Å². The molecule has 2 bridgehead atoms. The van der Waals surface area contributed by atoms with Gasteiger partial charge >= 0.3 is 0 Å². The second kappa shape index (κ2) is 4.54. The van der Waals surface area contributed by atoms with Crippen molar-refractivity contribution in [2.45, 2.75) is 18.8 Å². The smallest absolute Gasteiger partial charge is 0.0801 e. The largest absolute Gasteiger partial charge is 0.298 e. The van der Waals surface area contributed by atoms with Crippen LogP contribution in [0.1, 0.15) is 16.9 Å². The van der Waals surface area contributed by atoms with Crippen LogP contribution in [0.25, 0.3) is 10.6 Å². The molecule has 2 aromatic heterocycles. The Kier molecular flexibility index (Phi) is 2.79. The Hall–Kier alpha value is -1.45. The molecule has 102 valence electrons. The highest BCUT2D eigenvalue weighted by Crippen LogP contribution is 2.38. The summed E-state index contributed by atoms with van der Waals surface area (Å²) in [5.41, 5.74) is 2.68. The van der Waals surface area contributed by atoms with Crippen molar-refractivity contribution < 1.29 is 0 Å². The molecule has 0 N–H and O–H groups in total. The summed E-state index contributed by atoms with van der Waals surface area (Å²) in [5, 5.41) is 0. The lowest BCUT2D eigenvalue weighted by Gasteiger charge is -2.29. The van der Waals surface area contributed by atoms with Gasteiger partial charge < -0.3 is 0 Å². The topological polar surface area (TPSA) is 16.1 Å². The Morgan fingerprint density at radius 2 is 2.20 bits per heavy atom. The number of fused-ring (bicyclic) bond motifs is 2. The fourth-order valence-electron chi connectivity index (χ4n) is 3.37. The first kappa shape index (κ1) is 12.3. The molecule has 20 heavy (non-hydrogen) atoms. The van der Waals surface area contributed by atoms with Gasteiger partial charge in [0, 0.05) is 29.6 Å². The number of aryl methyl sites for hydroxylation is 1. The van der Waals surface area contributed by atoms with Crippen LogP contribution in [0.5, 0.6) is 0 Å². The third kappa shape index (κ3) is 1.93. The second-order valence-electron chi connectivity index (χ2n) is 5.89. The van der Waals surface area contributed by atoms with Gasteiger partial charge in [0.25, 0.3) is 0 Å². The minimum Gasteiger partial charge on any atom is -0.298 e. The van der Waals surface area contributed by atoms with E-state index in [-0.39, 0.29) is 5.41 Å². The lowest BCUT2D eigenvalue weighted by atomic mass is 9.79. The van der Waals surface area contributed by atoms with Gasteiger partial charge in [-0.25, -0.2) is 0 Å². The monoisotopic (exact) mass is 282 g/mol. The number of nitrogens with zero attached hydrogens (tertiary/aromatic N) is 2. The predicted octanol–water partition coefficient (Wildman–Crippen LogP) is 3.63. The van der Waals surface area contributed by atoms with Crippen molar-refractivity contribution in [1.82, 2.24) is 9.88 Å². The first-order valence-electron chi connectivity index (χ1n) is 7.19. The fourth-order valence-corrected chi connectivity index (χ4v) is 4.22. The average Bonchev–Trinajstić information content (AvgIpc) is 3.04. The number of rotatable bonds is 2. The van der Waals surface area contributed by atoms with Crippen LogP contribution in [0.3, 0.4) is 0 Å². The van der Waals surface area contributed by atoms with Crippen LogP contribution in [-0.4, -0.2) is 29.5 Å². The molecular formula is C17H18N2S. The van der Waals surface area contributed by atoms with Crippen molar-refractivity contribution in [2.75, 3.05) is 19.6 Å². The van der Waals surface area contributed by atoms with E-state index in [4.69, 9.17) is 4.98 Å². The van der Waals surface area contributed by atoms with Gasteiger partial charge in [-0.3, -0.25) is 9.88 Å². The molecule has 4 rings (SSSR count). The quantitative estimate of drug-likeness (QED) is 0.782. The molecule has 4 heterocycles. The maximum Gasteiger partial charge on any atom is 0.0801 e. The summed E-state index contributed by atoms with van der Waals surface area (Å²) in [6, 6.07) is 8.78. The van der Waals surface area contributed by atoms with E-state index >= 15 is 0 Å². The summed E-state index contributed by atoms with van der Waals surface area (Å²) in [5.74, 6) is 0. The predicted molar refractivity (Wildman–Crippen MR) is 84.2 cm³/mol. The molecule has 2 aliphatic rings. The van der Waals surface area contributed by atoms with E-state index in [9.17, 15) is 0 Å². The number of pyridine rings is 1. The van der Waals surface area contributed by atoms with Gasteiger partial charge in [0.05, 0.1) is 10.6 Å². The van der Waals surface area contributed by atoms with Crippen molar-refractivity contribution in [2.24, 2.45) is 0 Å². The van der Waals surface area contributed by atoms with Crippen LogP contribution < -0.4 is 0 Å². The van der Waals surface area contributed by atoms with E-state index < -0.39 is 0 Å². The maximum atomic E-state index is 4.71. The molecular weight excluding hydrogens is 264 g/mol. The van der Waals surface area contributed by atoms with Crippen molar-refractivity contribution >= 4 is 11.3 Å². The van der Waals surface area contributed by atoms with Gasteiger partial charge in [0.15, 0.2) is 0 Å². The van der Waals surface area contributed by atoms with E-state index in [1.54, 1.807) is 0 Å². The molecule has 0 spiro atoms. The zero-order valence-electron chi connectivity index (χ0n) is 11.7. The van der Waals surface area contributed by atoms with Crippen LogP contribution in [0.2, 0.25) is 0 Å². The second-order valence-corrected chi connectivity index (χ2v) is 7.17. The first-order chi connectivity index (χ1) is 9.75. The lowest BCUT2D eigenvalue weighted by Crippen LogP contribution is -2.33. The summed E-state index contributed by atoms with van der Waals surface area (Å²) < 4.78 is 0. The van der Waals surface area contributed by atoms with Gasteiger partial charge in [0.1, 0.15) is 0 Å². The summed E-state index contributed by atoms with van der Waals surface area (Å²) >= 11 is 1.81. The molecule has 2 unspecified atom stereocenters. The van der Waals surface area contributed by atoms with Crippen molar-refractivity contribution in [3.05, 3.63) is 53.1 Å². The van der Waals surface area contributed by atoms with E-state index in [0.717, 1.165) is 18.8 Å². The Labute approximate surface area is 123 Å². The van der Waals surface area contributed by atoms with Crippen LogP contribution in [0.15, 0.2) is 42.6 Å². The van der Waals surface area contributed by atoms with Crippen LogP contribution in [-0.2, 0) is 5.41 Å². The minimum atomic E-state index is 0.217. The minimum absolute atomic E-state index is 0.217. The SMILES string of the molecule is Cc1ccc(-c2ccc(C34C=CCN(CC3)C4)cn2)s1. The molecule has 0 aromatic carbocycles. The van der Waals surface area contributed by atoms with E-state index in [1.165, 1.54) is 28.3 Å². The van der Waals surface area contributed by atoms with Crippen molar-refractivity contribution in [1.29, 1.82) is 0 Å². The van der Waals surface area contributed by atoms with Gasteiger partial charge in [-0.05, 0) is 43.7 Å². The molecule has 2 atom stereocenters. The molecule has 0 amide bonds. The molecule has 1 saturated heterocycles. The molecule has 2 aliphatic heterocycles. The zero-order valence-corrected chi connectivity index (χ0v) is 12.5. The fraction of sp³-hybridized carbons (Fsp3) is 0.353. The average molecular weight is 282 g/mol. The standard InChI is InChI=1S/C17H18N2S/c1-13-3-6-16(20-13)15-5-4-14(11-18-15)17-7-2-9-19(12-17)10-8-17/h2-7,11H,8-10,12H2,1H3. The molecule has 3 heteroatoms. The highest BCUT2D eigenvalue weighted by Gasteiger charge is 2.39. The Morgan fingerprint density at radius 3 is 2.95 bits per heavy atom. The number of hydrogen-bond donors (Lipinski definition) is 0. The highest BCUT2D eigenvalue weighted by atomic mass is 32.1. The third-order valence-electron chi connectivity index (χ3n) is 4.51. The highest BCUT2D eigenvalue weighted by molar-refractivity contribution is 7.15. The Bertz CT molecular complexity index is 656. The van der Waals surface area contributed by atoms with E-state index in [0.29, 0.717) is 0 Å². The van der Waals surface area contributed by atoms with E-state index in [2.05, 4.69) is 54.4 Å². The summed E-state index contributed by atoms with van der Waals surface area (Å²) in [7, 11) is 0. The molecule has 1 fully saturated rings. The molecule has 0 radical (unpaired) electrons. The zero-order chi connectivity index (χ0) is 13.6. The lowest BCUT2D eigenvalue weighted by molar-refractivity contribution is 0.345. The Morgan fingerprint density at radius 1 is 1.25 bits per heavy atom. The van der Waals surface area contributed by atoms with Gasteiger partial charge in [-0.15, -0.1) is 11.3 Å². The maximum absolute atomic E-state index is 4.71. The van der Waals surface area contributed by atoms with Gasteiger partial charge in [-0.2, -0.15) is 0 Å². The van der Waals surface area contributed by atoms with Crippen LogP contribution >= 0.6 is 11.3 Å². The molecule has 2 aromatic rings. The molecule has 2 nitrogen and oxygen atoms in total. The Balaban J connectivity index is 1.68. The first-order valence-corrected chi connectivity index (χ1v) is 8.00. The normalized spacial score (nSPS) is 27.9. The summed E-state index contributed by atoms with van der Waals surface area (Å²) in [6.07, 6.45) is 8.03. The summed E-state index contributed by atoms with van der Waals surface area (Å²) in [4.78, 5) is 9.83.